The number of hydrogen-bond acceptors (Lipinski definition) is 3. The molecule has 106 valence electrons. The zero-order valence-electron chi connectivity index (χ0n) is 12.0. The third kappa shape index (κ3) is 3.95. The number of carbonyl (C=O) groups is 1. The maximum atomic E-state index is 12.0. The fraction of sp³-hybridized carbons (Fsp3) is 0.929. The van der Waals surface area contributed by atoms with Crippen molar-refractivity contribution in [1.29, 1.82) is 0 Å². The second kappa shape index (κ2) is 6.02. The van der Waals surface area contributed by atoms with Crippen LogP contribution in [0.5, 0.6) is 0 Å². The molecule has 4 N–H and O–H groups in total. The van der Waals surface area contributed by atoms with Crippen LogP contribution in [0, 0.1) is 10.8 Å². The first kappa shape index (κ1) is 15.4. The van der Waals surface area contributed by atoms with E-state index in [0.29, 0.717) is 6.54 Å². The number of aliphatic hydroxyl groups is 1. The van der Waals surface area contributed by atoms with Crippen LogP contribution in [-0.2, 0) is 4.79 Å². The first-order valence-electron chi connectivity index (χ1n) is 6.95. The fourth-order valence-corrected chi connectivity index (χ4v) is 2.47. The smallest absolute Gasteiger partial charge is 0.237 e. The predicted molar refractivity (Wildman–Crippen MR) is 73.0 cm³/mol. The number of aliphatic hydroxyl groups excluding tert-OH is 1. The predicted octanol–water partition coefficient (Wildman–Crippen LogP) is 1.42. The van der Waals surface area contributed by atoms with Crippen LogP contribution in [0.4, 0.5) is 0 Å². The van der Waals surface area contributed by atoms with Crippen molar-refractivity contribution in [1.82, 2.24) is 5.32 Å². The van der Waals surface area contributed by atoms with E-state index in [4.69, 9.17) is 5.73 Å². The molecule has 0 unspecified atom stereocenters. The summed E-state index contributed by atoms with van der Waals surface area (Å²) < 4.78 is 0. The van der Waals surface area contributed by atoms with E-state index in [0.717, 1.165) is 25.7 Å². The van der Waals surface area contributed by atoms with Crippen LogP contribution in [0.1, 0.15) is 52.9 Å². The van der Waals surface area contributed by atoms with Crippen molar-refractivity contribution in [3.05, 3.63) is 0 Å². The normalized spacial score (nSPS) is 21.4. The lowest BCUT2D eigenvalue weighted by Gasteiger charge is -2.36. The van der Waals surface area contributed by atoms with Gasteiger partial charge in [-0.05, 0) is 18.3 Å². The maximum Gasteiger partial charge on any atom is 0.237 e. The Kier molecular flexibility index (Phi) is 5.17. The Morgan fingerprint density at radius 1 is 1.33 bits per heavy atom. The van der Waals surface area contributed by atoms with Gasteiger partial charge in [-0.2, -0.15) is 0 Å². The highest BCUT2D eigenvalue weighted by Crippen LogP contribution is 2.35. The molecule has 0 aromatic rings. The molecule has 4 nitrogen and oxygen atoms in total. The van der Waals surface area contributed by atoms with Gasteiger partial charge in [0.1, 0.15) is 0 Å². The lowest BCUT2D eigenvalue weighted by molar-refractivity contribution is -0.125. The molecule has 1 rings (SSSR count). The topological polar surface area (TPSA) is 75.4 Å². The summed E-state index contributed by atoms with van der Waals surface area (Å²) in [5, 5.41) is 12.5. The molecule has 1 amide bonds. The molecule has 0 radical (unpaired) electrons. The standard InChI is InChI=1S/C14H28N2O2/c1-13(2,3)11(15)12(18)16-9-14(10-17)7-5-4-6-8-14/h11,17H,4-10,15H2,1-3H3,(H,16,18)/t11-/m1/s1. The molecular formula is C14H28N2O2. The molecule has 1 fully saturated rings. The molecule has 1 saturated carbocycles. The van der Waals surface area contributed by atoms with Gasteiger partial charge in [0.25, 0.3) is 0 Å². The average Bonchev–Trinajstić information content (AvgIpc) is 2.35. The number of hydrogen-bond donors (Lipinski definition) is 3. The summed E-state index contributed by atoms with van der Waals surface area (Å²) >= 11 is 0. The SMILES string of the molecule is CC(C)(C)[C@H](N)C(=O)NCC1(CO)CCCCC1. The van der Waals surface area contributed by atoms with Crippen LogP contribution in [0.2, 0.25) is 0 Å². The second-order valence-corrected chi connectivity index (χ2v) is 6.78. The molecule has 1 aliphatic rings. The first-order valence-corrected chi connectivity index (χ1v) is 6.95. The van der Waals surface area contributed by atoms with Crippen molar-refractivity contribution in [2.24, 2.45) is 16.6 Å². The number of carbonyl (C=O) groups excluding carboxylic acids is 1. The van der Waals surface area contributed by atoms with Gasteiger partial charge in [-0.3, -0.25) is 4.79 Å². The van der Waals surface area contributed by atoms with Crippen LogP contribution in [0.15, 0.2) is 0 Å². The van der Waals surface area contributed by atoms with E-state index in [1.54, 1.807) is 0 Å². The highest BCUT2D eigenvalue weighted by atomic mass is 16.3. The minimum absolute atomic E-state index is 0.110. The molecule has 18 heavy (non-hydrogen) atoms. The van der Waals surface area contributed by atoms with E-state index in [9.17, 15) is 9.90 Å². The minimum atomic E-state index is -0.503. The molecule has 0 spiro atoms. The third-order valence-electron chi connectivity index (χ3n) is 4.10. The highest BCUT2D eigenvalue weighted by Gasteiger charge is 2.33. The molecule has 1 aliphatic carbocycles. The summed E-state index contributed by atoms with van der Waals surface area (Å²) in [7, 11) is 0. The van der Waals surface area contributed by atoms with Gasteiger partial charge in [-0.15, -0.1) is 0 Å². The average molecular weight is 256 g/mol. The van der Waals surface area contributed by atoms with Crippen LogP contribution in [0.25, 0.3) is 0 Å². The minimum Gasteiger partial charge on any atom is -0.396 e. The summed E-state index contributed by atoms with van der Waals surface area (Å²) in [6.07, 6.45) is 5.50. The van der Waals surface area contributed by atoms with Crippen molar-refractivity contribution < 1.29 is 9.90 Å². The highest BCUT2D eigenvalue weighted by molar-refractivity contribution is 5.82. The van der Waals surface area contributed by atoms with Gasteiger partial charge >= 0.3 is 0 Å². The summed E-state index contributed by atoms with van der Waals surface area (Å²) in [5.41, 5.74) is 5.57. The van der Waals surface area contributed by atoms with E-state index in [1.807, 2.05) is 20.8 Å². The van der Waals surface area contributed by atoms with Crippen molar-refractivity contribution in [3.63, 3.8) is 0 Å². The Morgan fingerprint density at radius 3 is 2.33 bits per heavy atom. The van der Waals surface area contributed by atoms with Gasteiger partial charge in [0.2, 0.25) is 5.91 Å². The number of nitrogens with one attached hydrogen (secondary N) is 1. The van der Waals surface area contributed by atoms with Crippen LogP contribution < -0.4 is 11.1 Å². The third-order valence-corrected chi connectivity index (χ3v) is 4.10. The van der Waals surface area contributed by atoms with Crippen molar-refractivity contribution in [3.8, 4) is 0 Å². The van der Waals surface area contributed by atoms with Crippen LogP contribution in [-0.4, -0.2) is 30.2 Å². The second-order valence-electron chi connectivity index (χ2n) is 6.78. The first-order chi connectivity index (χ1) is 8.31. The number of amides is 1. The molecule has 0 aliphatic heterocycles. The van der Waals surface area contributed by atoms with Gasteiger partial charge in [0, 0.05) is 12.0 Å². The van der Waals surface area contributed by atoms with Gasteiger partial charge < -0.3 is 16.2 Å². The molecule has 0 saturated heterocycles. The van der Waals surface area contributed by atoms with E-state index >= 15 is 0 Å². The van der Waals surface area contributed by atoms with Gasteiger partial charge in [0.15, 0.2) is 0 Å². The van der Waals surface area contributed by atoms with Gasteiger partial charge in [0.05, 0.1) is 12.6 Å². The fourth-order valence-electron chi connectivity index (χ4n) is 2.47. The Morgan fingerprint density at radius 2 is 1.89 bits per heavy atom. The Labute approximate surface area is 110 Å². The van der Waals surface area contributed by atoms with Crippen molar-refractivity contribution in [2.45, 2.75) is 58.9 Å². The lowest BCUT2D eigenvalue weighted by atomic mass is 9.74. The van der Waals surface area contributed by atoms with Crippen LogP contribution >= 0.6 is 0 Å². The van der Waals surface area contributed by atoms with Gasteiger partial charge in [-0.1, -0.05) is 40.0 Å². The van der Waals surface area contributed by atoms with E-state index in [2.05, 4.69) is 5.32 Å². The quantitative estimate of drug-likeness (QED) is 0.712. The van der Waals surface area contributed by atoms with Crippen LogP contribution in [0.3, 0.4) is 0 Å². The molecule has 0 bridgehead atoms. The monoisotopic (exact) mass is 256 g/mol. The van der Waals surface area contributed by atoms with E-state index in [-0.39, 0.29) is 23.3 Å². The number of rotatable bonds is 4. The molecule has 0 heterocycles. The number of nitrogens with two attached hydrogens (primary N) is 1. The van der Waals surface area contributed by atoms with E-state index < -0.39 is 6.04 Å². The molecule has 4 heteroatoms. The van der Waals surface area contributed by atoms with Gasteiger partial charge in [-0.25, -0.2) is 0 Å². The zero-order chi connectivity index (χ0) is 13.8. The Balaban J connectivity index is 2.50. The zero-order valence-corrected chi connectivity index (χ0v) is 12.0. The summed E-state index contributed by atoms with van der Waals surface area (Å²) in [5.74, 6) is -0.110. The van der Waals surface area contributed by atoms with Crippen molar-refractivity contribution >= 4 is 5.91 Å². The Bertz CT molecular complexity index is 278. The molecule has 0 aromatic heterocycles. The Hall–Kier alpha value is -0.610. The molecular weight excluding hydrogens is 228 g/mol. The largest absolute Gasteiger partial charge is 0.396 e. The lowest BCUT2D eigenvalue weighted by Crippen LogP contribution is -2.51. The van der Waals surface area contributed by atoms with Crippen molar-refractivity contribution in [2.75, 3.05) is 13.2 Å². The molecule has 1 atom stereocenters. The van der Waals surface area contributed by atoms with E-state index in [1.165, 1.54) is 6.42 Å². The molecule has 0 aromatic carbocycles. The summed E-state index contributed by atoms with van der Waals surface area (Å²) in [4.78, 5) is 12.0. The summed E-state index contributed by atoms with van der Waals surface area (Å²) in [6.45, 7) is 6.57. The maximum absolute atomic E-state index is 12.0. The summed E-state index contributed by atoms with van der Waals surface area (Å²) in [6, 6.07) is -0.503.